The summed E-state index contributed by atoms with van der Waals surface area (Å²) >= 11 is 0. The lowest BCUT2D eigenvalue weighted by atomic mass is 9.83. The zero-order valence-electron chi connectivity index (χ0n) is 21.8. The van der Waals surface area contributed by atoms with E-state index in [-0.39, 0.29) is 6.04 Å². The number of imidazole rings is 1. The van der Waals surface area contributed by atoms with Crippen LogP contribution in [-0.2, 0) is 4.79 Å². The van der Waals surface area contributed by atoms with Crippen LogP contribution in [0.5, 0.6) is 0 Å². The van der Waals surface area contributed by atoms with Crippen LogP contribution >= 0.6 is 0 Å². The van der Waals surface area contributed by atoms with Gasteiger partial charge in [0, 0.05) is 31.5 Å². The number of aromatic nitrogens is 2. The van der Waals surface area contributed by atoms with Crippen LogP contribution in [0.25, 0.3) is 11.0 Å². The number of rotatable bonds is 7. The van der Waals surface area contributed by atoms with Crippen molar-refractivity contribution < 1.29 is 9.90 Å². The molecule has 3 fully saturated rings. The van der Waals surface area contributed by atoms with Crippen molar-refractivity contribution in [3.63, 3.8) is 0 Å². The number of aromatic amines is 1. The average molecular weight is 501 g/mol. The molecule has 2 aromatic carbocycles. The number of carbonyl (C=O) groups is 1. The minimum Gasteiger partial charge on any atom is -0.480 e. The molecule has 3 unspecified atom stereocenters. The molecule has 37 heavy (non-hydrogen) atoms. The molecule has 196 valence electrons. The van der Waals surface area contributed by atoms with Gasteiger partial charge in [-0.2, -0.15) is 0 Å². The number of hydrogen-bond acceptors (Lipinski definition) is 4. The van der Waals surface area contributed by atoms with E-state index >= 15 is 0 Å². The van der Waals surface area contributed by atoms with Gasteiger partial charge in [-0.3, -0.25) is 9.69 Å². The Bertz CT molecular complexity index is 1150. The van der Waals surface area contributed by atoms with E-state index in [4.69, 9.17) is 4.98 Å². The molecule has 3 aromatic rings. The second kappa shape index (κ2) is 11.0. The predicted molar refractivity (Wildman–Crippen MR) is 147 cm³/mol. The second-order valence-corrected chi connectivity index (χ2v) is 11.6. The fourth-order valence-electron chi connectivity index (χ4n) is 7.39. The molecule has 0 radical (unpaired) electrons. The summed E-state index contributed by atoms with van der Waals surface area (Å²) in [7, 11) is 0. The van der Waals surface area contributed by atoms with Crippen molar-refractivity contribution in [2.24, 2.45) is 11.8 Å². The molecular formula is C31H40N4O2. The smallest absolute Gasteiger partial charge is 0.321 e. The van der Waals surface area contributed by atoms with Crippen LogP contribution in [0.1, 0.15) is 68.2 Å². The lowest BCUT2D eigenvalue weighted by molar-refractivity contribution is -0.145. The molecule has 2 aliphatic heterocycles. The van der Waals surface area contributed by atoms with Gasteiger partial charge in [-0.05, 0) is 68.3 Å². The number of nitrogens with one attached hydrogen (secondary N) is 1. The number of hydrogen-bond donors (Lipinski definition) is 2. The van der Waals surface area contributed by atoms with Crippen LogP contribution in [0.3, 0.4) is 0 Å². The number of piperidine rings is 1. The Morgan fingerprint density at radius 3 is 2.41 bits per heavy atom. The van der Waals surface area contributed by atoms with Crippen LogP contribution < -0.4 is 0 Å². The number of carboxylic acid groups (broad SMARTS) is 1. The zero-order chi connectivity index (χ0) is 25.2. The average Bonchev–Trinajstić information content (AvgIpc) is 3.55. The van der Waals surface area contributed by atoms with Gasteiger partial charge in [0.2, 0.25) is 0 Å². The number of benzene rings is 2. The van der Waals surface area contributed by atoms with E-state index in [2.05, 4.69) is 63.3 Å². The summed E-state index contributed by atoms with van der Waals surface area (Å²) in [5.41, 5.74) is 3.55. The van der Waals surface area contributed by atoms with Crippen LogP contribution in [0.15, 0.2) is 54.6 Å². The lowest BCUT2D eigenvalue weighted by Crippen LogP contribution is -2.46. The molecule has 3 atom stereocenters. The standard InChI is InChI=1S/C31H40N4O2/c36-31(37)29(23-11-5-2-6-12-23)35-20-25(26(21-35)22-9-3-1-4-10-22)19-34-17-15-24(16-18-34)30-32-27-13-7-8-14-28(27)33-30/h1,3-4,7-10,13-14,23-26,29H,2,5-6,11-12,15-21H2,(H,32,33)(H,36,37). The van der Waals surface area contributed by atoms with Crippen LogP contribution in [0.4, 0.5) is 0 Å². The highest BCUT2D eigenvalue weighted by Gasteiger charge is 2.43. The molecule has 0 bridgehead atoms. The van der Waals surface area contributed by atoms with Gasteiger partial charge in [-0.25, -0.2) is 4.98 Å². The first kappa shape index (κ1) is 24.6. The monoisotopic (exact) mass is 500 g/mol. The van der Waals surface area contributed by atoms with Gasteiger partial charge < -0.3 is 15.0 Å². The summed E-state index contributed by atoms with van der Waals surface area (Å²) in [6, 6.07) is 18.8. The SMILES string of the molecule is O=C(O)C(C1CCCCC1)N1CC(CN2CCC(c3nc4ccccc4[nH]3)CC2)C(c2ccccc2)C1. The van der Waals surface area contributed by atoms with Crippen molar-refractivity contribution in [2.45, 2.75) is 62.8 Å². The molecule has 1 aromatic heterocycles. The molecule has 1 saturated carbocycles. The highest BCUT2D eigenvalue weighted by molar-refractivity contribution is 5.75. The number of nitrogens with zero attached hydrogens (tertiary/aromatic N) is 3. The third-order valence-corrected chi connectivity index (χ3v) is 9.31. The van der Waals surface area contributed by atoms with Gasteiger partial charge in [0.1, 0.15) is 11.9 Å². The van der Waals surface area contributed by atoms with E-state index < -0.39 is 5.97 Å². The van der Waals surface area contributed by atoms with Crippen molar-refractivity contribution in [1.82, 2.24) is 19.8 Å². The molecule has 1 aliphatic carbocycles. The first-order valence-electron chi connectivity index (χ1n) is 14.3. The maximum atomic E-state index is 12.5. The molecule has 2 saturated heterocycles. The van der Waals surface area contributed by atoms with Crippen molar-refractivity contribution in [3.05, 3.63) is 66.0 Å². The molecule has 3 aliphatic rings. The number of H-pyrrole nitrogens is 1. The highest BCUT2D eigenvalue weighted by atomic mass is 16.4. The van der Waals surface area contributed by atoms with Gasteiger partial charge >= 0.3 is 5.97 Å². The van der Waals surface area contributed by atoms with Gasteiger partial charge in [0.05, 0.1) is 11.0 Å². The first-order valence-corrected chi connectivity index (χ1v) is 14.3. The van der Waals surface area contributed by atoms with E-state index in [0.29, 0.717) is 23.7 Å². The lowest BCUT2D eigenvalue weighted by Gasteiger charge is -2.35. The van der Waals surface area contributed by atoms with Crippen molar-refractivity contribution in [3.8, 4) is 0 Å². The molecule has 0 spiro atoms. The Balaban J connectivity index is 1.14. The van der Waals surface area contributed by atoms with E-state index in [0.717, 1.165) is 75.3 Å². The van der Waals surface area contributed by atoms with Gasteiger partial charge in [-0.1, -0.05) is 61.7 Å². The Morgan fingerprint density at radius 2 is 1.68 bits per heavy atom. The van der Waals surface area contributed by atoms with Gasteiger partial charge in [0.15, 0.2) is 0 Å². The van der Waals surface area contributed by atoms with E-state index in [1.165, 1.54) is 24.8 Å². The fraction of sp³-hybridized carbons (Fsp3) is 0.548. The second-order valence-electron chi connectivity index (χ2n) is 11.6. The molecule has 0 amide bonds. The maximum absolute atomic E-state index is 12.5. The van der Waals surface area contributed by atoms with Gasteiger partial charge in [-0.15, -0.1) is 0 Å². The normalized spacial score (nSPS) is 25.5. The largest absolute Gasteiger partial charge is 0.480 e. The summed E-state index contributed by atoms with van der Waals surface area (Å²) in [5.74, 6) is 2.13. The fourth-order valence-corrected chi connectivity index (χ4v) is 7.39. The van der Waals surface area contributed by atoms with Crippen molar-refractivity contribution >= 4 is 17.0 Å². The number of carboxylic acids is 1. The summed E-state index contributed by atoms with van der Waals surface area (Å²) in [4.78, 5) is 25.9. The number of fused-ring (bicyclic) bond motifs is 1. The third-order valence-electron chi connectivity index (χ3n) is 9.31. The maximum Gasteiger partial charge on any atom is 0.321 e. The molecule has 2 N–H and O–H groups in total. The Kier molecular flexibility index (Phi) is 7.30. The molecule has 6 rings (SSSR count). The van der Waals surface area contributed by atoms with Crippen LogP contribution in [0, 0.1) is 11.8 Å². The molecular weight excluding hydrogens is 460 g/mol. The predicted octanol–water partition coefficient (Wildman–Crippen LogP) is 5.49. The molecule has 3 heterocycles. The van der Waals surface area contributed by atoms with Crippen LogP contribution in [0.2, 0.25) is 0 Å². The summed E-state index contributed by atoms with van der Waals surface area (Å²) in [6.07, 6.45) is 7.95. The Morgan fingerprint density at radius 1 is 0.946 bits per heavy atom. The molecule has 6 heteroatoms. The summed E-state index contributed by atoms with van der Waals surface area (Å²) in [5, 5.41) is 10.3. The van der Waals surface area contributed by atoms with Gasteiger partial charge in [0.25, 0.3) is 0 Å². The minimum absolute atomic E-state index is 0.293. The number of para-hydroxylation sites is 2. The quantitative estimate of drug-likeness (QED) is 0.449. The molecule has 6 nitrogen and oxygen atoms in total. The third kappa shape index (κ3) is 5.32. The summed E-state index contributed by atoms with van der Waals surface area (Å²) in [6.45, 7) is 4.93. The van der Waals surface area contributed by atoms with Crippen LogP contribution in [-0.4, -0.2) is 69.6 Å². The Labute approximate surface area is 220 Å². The summed E-state index contributed by atoms with van der Waals surface area (Å²) < 4.78 is 0. The highest BCUT2D eigenvalue weighted by Crippen LogP contribution is 2.39. The van der Waals surface area contributed by atoms with E-state index in [1.807, 2.05) is 6.07 Å². The topological polar surface area (TPSA) is 72.5 Å². The van der Waals surface area contributed by atoms with Crippen molar-refractivity contribution in [2.75, 3.05) is 32.7 Å². The van der Waals surface area contributed by atoms with E-state index in [1.54, 1.807) is 0 Å². The number of aliphatic carboxylic acids is 1. The zero-order valence-corrected chi connectivity index (χ0v) is 21.8. The first-order chi connectivity index (χ1) is 18.2. The van der Waals surface area contributed by atoms with E-state index in [9.17, 15) is 9.90 Å². The van der Waals surface area contributed by atoms with Crippen molar-refractivity contribution in [1.29, 1.82) is 0 Å². The minimum atomic E-state index is -0.619. The Hall–Kier alpha value is -2.70. The number of likely N-dealkylation sites (tertiary alicyclic amines) is 2.